The van der Waals surface area contributed by atoms with Gasteiger partial charge in [-0.15, -0.1) is 11.3 Å². The molecule has 0 amide bonds. The normalized spacial score (nSPS) is 20.8. The molecule has 2 rings (SSSR count). The number of nitrogens with zero attached hydrogens (tertiary/aromatic N) is 1. The van der Waals surface area contributed by atoms with Crippen LogP contribution in [0.4, 0.5) is 0 Å². The number of morpholine rings is 1. The molecular weight excluding hydrogens is 376 g/mol. The minimum absolute atomic E-state index is 0.0761. The summed E-state index contributed by atoms with van der Waals surface area (Å²) in [6, 6.07) is 1.70. The molecule has 1 aromatic rings. The lowest BCUT2D eigenvalue weighted by molar-refractivity contribution is 0.0314. The van der Waals surface area contributed by atoms with Crippen molar-refractivity contribution < 1.29 is 13.2 Å². The average Bonchev–Trinajstić information content (AvgIpc) is 2.86. The van der Waals surface area contributed by atoms with Crippen molar-refractivity contribution in [3.63, 3.8) is 0 Å². The molecule has 1 fully saturated rings. The molecule has 120 valence electrons. The summed E-state index contributed by atoms with van der Waals surface area (Å²) in [5, 5.41) is 3.22. The van der Waals surface area contributed by atoms with E-state index < -0.39 is 10.0 Å². The number of hydrogen-bond donors (Lipinski definition) is 1. The molecule has 1 aliphatic rings. The van der Waals surface area contributed by atoms with Gasteiger partial charge in [0.25, 0.3) is 0 Å². The van der Waals surface area contributed by atoms with Gasteiger partial charge in [0.2, 0.25) is 10.0 Å². The van der Waals surface area contributed by atoms with Crippen molar-refractivity contribution in [3.05, 3.63) is 14.7 Å². The van der Waals surface area contributed by atoms with Gasteiger partial charge in [0.15, 0.2) is 0 Å². The van der Waals surface area contributed by atoms with Gasteiger partial charge in [-0.25, -0.2) is 8.42 Å². The Bertz CT molecular complexity index is 574. The summed E-state index contributed by atoms with van der Waals surface area (Å²) in [5.74, 6) is 0. The second-order valence-corrected chi connectivity index (χ2v) is 9.20. The predicted molar refractivity (Wildman–Crippen MR) is 88.2 cm³/mol. The van der Waals surface area contributed by atoms with Crippen molar-refractivity contribution in [1.29, 1.82) is 0 Å². The molecule has 0 saturated carbocycles. The number of rotatable bonds is 6. The fourth-order valence-corrected chi connectivity index (χ4v) is 6.58. The molecule has 0 aromatic carbocycles. The highest BCUT2D eigenvalue weighted by molar-refractivity contribution is 9.11. The van der Waals surface area contributed by atoms with E-state index in [1.165, 1.54) is 11.3 Å². The van der Waals surface area contributed by atoms with Crippen LogP contribution in [0.2, 0.25) is 0 Å². The molecule has 1 N–H and O–H groups in total. The molecule has 1 unspecified atom stereocenters. The number of thiophene rings is 1. The largest absolute Gasteiger partial charge is 0.378 e. The van der Waals surface area contributed by atoms with E-state index in [0.29, 0.717) is 35.0 Å². The van der Waals surface area contributed by atoms with Crippen LogP contribution >= 0.6 is 27.3 Å². The van der Waals surface area contributed by atoms with E-state index >= 15 is 0 Å². The SMILES string of the molecule is CCNCc1cc(S(=O)(=O)N2CCOCC2CC)c(Br)s1. The van der Waals surface area contributed by atoms with Crippen LogP contribution in [0.1, 0.15) is 25.1 Å². The topological polar surface area (TPSA) is 58.6 Å². The number of halogens is 1. The maximum atomic E-state index is 12.9. The number of sulfonamides is 1. The lowest BCUT2D eigenvalue weighted by atomic mass is 10.2. The van der Waals surface area contributed by atoms with Gasteiger partial charge in [0, 0.05) is 24.0 Å². The third-order valence-electron chi connectivity index (χ3n) is 3.49. The van der Waals surface area contributed by atoms with Crippen LogP contribution in [0, 0.1) is 0 Å². The third-order valence-corrected chi connectivity index (χ3v) is 7.69. The third kappa shape index (κ3) is 3.86. The van der Waals surface area contributed by atoms with E-state index in [1.54, 1.807) is 10.4 Å². The van der Waals surface area contributed by atoms with Crippen LogP contribution in [-0.4, -0.2) is 45.1 Å². The van der Waals surface area contributed by atoms with E-state index in [0.717, 1.165) is 17.8 Å². The number of nitrogens with one attached hydrogen (secondary N) is 1. The summed E-state index contributed by atoms with van der Waals surface area (Å²) in [5.41, 5.74) is 0. The van der Waals surface area contributed by atoms with Gasteiger partial charge >= 0.3 is 0 Å². The average molecular weight is 397 g/mol. The summed E-state index contributed by atoms with van der Waals surface area (Å²) in [6.07, 6.45) is 0.755. The van der Waals surface area contributed by atoms with Crippen LogP contribution in [0.3, 0.4) is 0 Å². The fraction of sp³-hybridized carbons (Fsp3) is 0.692. The van der Waals surface area contributed by atoms with E-state index in [2.05, 4.69) is 21.2 Å². The molecule has 21 heavy (non-hydrogen) atoms. The van der Waals surface area contributed by atoms with Crippen LogP contribution in [-0.2, 0) is 21.3 Å². The van der Waals surface area contributed by atoms with E-state index in [1.807, 2.05) is 13.8 Å². The molecule has 1 aromatic heterocycles. The van der Waals surface area contributed by atoms with Crippen molar-refractivity contribution in [2.75, 3.05) is 26.3 Å². The van der Waals surface area contributed by atoms with E-state index in [9.17, 15) is 8.42 Å². The molecule has 2 heterocycles. The summed E-state index contributed by atoms with van der Waals surface area (Å²) in [7, 11) is -3.47. The Kier molecular flexibility index (Phi) is 6.22. The molecular formula is C13H21BrN2O3S2. The predicted octanol–water partition coefficient (Wildman–Crippen LogP) is 2.42. The van der Waals surface area contributed by atoms with E-state index in [4.69, 9.17) is 4.74 Å². The summed E-state index contributed by atoms with van der Waals surface area (Å²) >= 11 is 4.88. The second-order valence-electron chi connectivity index (χ2n) is 4.88. The fourth-order valence-electron chi connectivity index (χ4n) is 2.31. The lowest BCUT2D eigenvalue weighted by Gasteiger charge is -2.33. The van der Waals surface area contributed by atoms with Crippen molar-refractivity contribution in [2.45, 2.75) is 37.8 Å². The number of hydrogen-bond acceptors (Lipinski definition) is 5. The van der Waals surface area contributed by atoms with Crippen LogP contribution in [0.25, 0.3) is 0 Å². The standard InChI is InChI=1S/C13H21BrN2O3S2/c1-3-10-9-19-6-5-16(10)21(17,18)12-7-11(8-15-4-2)20-13(12)14/h7,10,15H,3-6,8-9H2,1-2H3. The van der Waals surface area contributed by atoms with Crippen molar-refractivity contribution in [1.82, 2.24) is 9.62 Å². The Morgan fingerprint density at radius 1 is 1.52 bits per heavy atom. The van der Waals surface area contributed by atoms with Crippen LogP contribution in [0.15, 0.2) is 14.7 Å². The van der Waals surface area contributed by atoms with Crippen LogP contribution < -0.4 is 5.32 Å². The Balaban J connectivity index is 2.28. The first-order chi connectivity index (χ1) is 10.0. The highest BCUT2D eigenvalue weighted by atomic mass is 79.9. The zero-order valence-electron chi connectivity index (χ0n) is 12.3. The van der Waals surface area contributed by atoms with Gasteiger partial charge in [-0.1, -0.05) is 13.8 Å². The lowest BCUT2D eigenvalue weighted by Crippen LogP contribution is -2.48. The minimum Gasteiger partial charge on any atom is -0.378 e. The van der Waals surface area contributed by atoms with Gasteiger partial charge in [0.1, 0.15) is 4.90 Å². The molecule has 0 bridgehead atoms. The number of ether oxygens (including phenoxy) is 1. The summed E-state index contributed by atoms with van der Waals surface area (Å²) < 4.78 is 33.4. The van der Waals surface area contributed by atoms with Gasteiger partial charge in [-0.2, -0.15) is 4.31 Å². The van der Waals surface area contributed by atoms with Gasteiger partial charge in [-0.3, -0.25) is 0 Å². The monoisotopic (exact) mass is 396 g/mol. The quantitative estimate of drug-likeness (QED) is 0.801. The van der Waals surface area contributed by atoms with Gasteiger partial charge < -0.3 is 10.1 Å². The van der Waals surface area contributed by atoms with Crippen molar-refractivity contribution >= 4 is 37.3 Å². The van der Waals surface area contributed by atoms with Gasteiger partial charge in [-0.05, 0) is 35.0 Å². The molecule has 5 nitrogen and oxygen atoms in total. The Hall–Kier alpha value is 0.01000. The zero-order valence-corrected chi connectivity index (χ0v) is 15.5. The van der Waals surface area contributed by atoms with Gasteiger partial charge in [0.05, 0.1) is 17.0 Å². The highest BCUT2D eigenvalue weighted by Crippen LogP contribution is 2.34. The van der Waals surface area contributed by atoms with Crippen molar-refractivity contribution in [3.8, 4) is 0 Å². The van der Waals surface area contributed by atoms with Crippen LogP contribution in [0.5, 0.6) is 0 Å². The highest BCUT2D eigenvalue weighted by Gasteiger charge is 2.35. The molecule has 8 heteroatoms. The second kappa shape index (κ2) is 7.52. The molecule has 1 saturated heterocycles. The molecule has 0 aliphatic carbocycles. The maximum Gasteiger partial charge on any atom is 0.245 e. The molecule has 1 aliphatic heterocycles. The summed E-state index contributed by atoms with van der Waals surface area (Å²) in [6.45, 7) is 6.92. The Labute approximate surface area is 138 Å². The molecule has 0 radical (unpaired) electrons. The first-order valence-electron chi connectivity index (χ1n) is 7.09. The minimum atomic E-state index is -3.47. The molecule has 0 spiro atoms. The summed E-state index contributed by atoms with van der Waals surface area (Å²) in [4.78, 5) is 1.39. The van der Waals surface area contributed by atoms with E-state index in [-0.39, 0.29) is 6.04 Å². The Morgan fingerprint density at radius 3 is 2.95 bits per heavy atom. The Morgan fingerprint density at radius 2 is 2.29 bits per heavy atom. The smallest absolute Gasteiger partial charge is 0.245 e. The maximum absolute atomic E-state index is 12.9. The van der Waals surface area contributed by atoms with Crippen molar-refractivity contribution in [2.24, 2.45) is 0 Å². The first kappa shape index (κ1) is 17.4. The zero-order chi connectivity index (χ0) is 15.5. The molecule has 1 atom stereocenters. The first-order valence-corrected chi connectivity index (χ1v) is 10.1.